The SMILES string of the molecule is CCCCc1ccc(-n2nc3ccc(NC(=S)NC(=O)c4ccc(OC)cc4)cc3n2)cc1. The summed E-state index contributed by atoms with van der Waals surface area (Å²) in [7, 11) is 1.58. The molecule has 1 aromatic heterocycles. The standard InChI is InChI=1S/C25H25N5O2S/c1-3-4-5-17-6-11-20(12-7-17)30-28-22-15-10-19(16-23(22)29-30)26-25(33)27-24(31)18-8-13-21(32-2)14-9-18/h6-16H,3-5H2,1-2H3,(H2,26,27,31,33). The third-order valence-corrected chi connectivity index (χ3v) is 5.41. The second-order valence-corrected chi connectivity index (χ2v) is 8.01. The largest absolute Gasteiger partial charge is 0.497 e. The molecule has 0 fully saturated rings. The smallest absolute Gasteiger partial charge is 0.257 e. The molecule has 3 aromatic carbocycles. The Morgan fingerprint density at radius 3 is 2.42 bits per heavy atom. The van der Waals surface area contributed by atoms with Crippen LogP contribution in [0.4, 0.5) is 5.69 Å². The van der Waals surface area contributed by atoms with E-state index in [1.165, 1.54) is 18.4 Å². The molecule has 1 heterocycles. The summed E-state index contributed by atoms with van der Waals surface area (Å²) in [4.78, 5) is 14.0. The van der Waals surface area contributed by atoms with Crippen molar-refractivity contribution in [2.24, 2.45) is 0 Å². The molecule has 0 aliphatic carbocycles. The van der Waals surface area contributed by atoms with Crippen LogP contribution in [0.25, 0.3) is 16.7 Å². The highest BCUT2D eigenvalue weighted by Crippen LogP contribution is 2.18. The van der Waals surface area contributed by atoms with Gasteiger partial charge in [0, 0.05) is 11.3 Å². The summed E-state index contributed by atoms with van der Waals surface area (Å²) >= 11 is 5.30. The molecule has 0 aliphatic heterocycles. The summed E-state index contributed by atoms with van der Waals surface area (Å²) in [6.07, 6.45) is 3.44. The number of hydrogen-bond donors (Lipinski definition) is 2. The van der Waals surface area contributed by atoms with Crippen LogP contribution in [0.3, 0.4) is 0 Å². The Bertz CT molecular complexity index is 1270. The second kappa shape index (κ2) is 10.2. The molecule has 8 heteroatoms. The summed E-state index contributed by atoms with van der Waals surface area (Å²) in [6.45, 7) is 2.19. The third-order valence-electron chi connectivity index (χ3n) is 5.20. The quantitative estimate of drug-likeness (QED) is 0.383. The molecule has 0 unspecified atom stereocenters. The van der Waals surface area contributed by atoms with Crippen molar-refractivity contribution >= 4 is 40.0 Å². The first-order valence-corrected chi connectivity index (χ1v) is 11.2. The van der Waals surface area contributed by atoms with Gasteiger partial charge in [0.15, 0.2) is 5.11 Å². The summed E-state index contributed by atoms with van der Waals surface area (Å²) in [5.74, 6) is 0.380. The maximum atomic E-state index is 12.4. The fourth-order valence-corrected chi connectivity index (χ4v) is 3.58. The van der Waals surface area contributed by atoms with Crippen molar-refractivity contribution in [1.82, 2.24) is 20.3 Å². The number of aryl methyl sites for hydroxylation is 1. The van der Waals surface area contributed by atoms with Crippen LogP contribution in [0, 0.1) is 0 Å². The Morgan fingerprint density at radius 2 is 1.73 bits per heavy atom. The summed E-state index contributed by atoms with van der Waals surface area (Å²) in [5.41, 5.74) is 4.91. The molecule has 4 aromatic rings. The van der Waals surface area contributed by atoms with E-state index in [0.29, 0.717) is 17.0 Å². The van der Waals surface area contributed by atoms with E-state index in [4.69, 9.17) is 17.0 Å². The summed E-state index contributed by atoms with van der Waals surface area (Å²) < 4.78 is 5.11. The van der Waals surface area contributed by atoms with Crippen molar-refractivity contribution in [3.63, 3.8) is 0 Å². The van der Waals surface area contributed by atoms with E-state index in [0.717, 1.165) is 23.1 Å². The number of rotatable bonds is 7. The molecule has 33 heavy (non-hydrogen) atoms. The number of unbranched alkanes of at least 4 members (excludes halogenated alkanes) is 1. The number of thiocarbonyl (C=S) groups is 1. The molecule has 0 atom stereocenters. The van der Waals surface area contributed by atoms with Gasteiger partial charge in [-0.15, -0.1) is 10.2 Å². The van der Waals surface area contributed by atoms with Crippen LogP contribution in [-0.4, -0.2) is 33.1 Å². The van der Waals surface area contributed by atoms with Crippen LogP contribution in [0.15, 0.2) is 66.7 Å². The van der Waals surface area contributed by atoms with Gasteiger partial charge in [-0.25, -0.2) is 0 Å². The van der Waals surface area contributed by atoms with Gasteiger partial charge in [-0.1, -0.05) is 25.5 Å². The first kappa shape index (κ1) is 22.4. The van der Waals surface area contributed by atoms with E-state index in [1.54, 1.807) is 36.2 Å². The molecule has 0 bridgehead atoms. The Morgan fingerprint density at radius 1 is 1.00 bits per heavy atom. The number of carbonyl (C=O) groups excluding carboxylic acids is 1. The van der Waals surface area contributed by atoms with Gasteiger partial charge in [-0.05, 0) is 85.2 Å². The van der Waals surface area contributed by atoms with Crippen molar-refractivity contribution in [3.05, 3.63) is 77.9 Å². The number of methoxy groups -OCH3 is 1. The topological polar surface area (TPSA) is 81.1 Å². The first-order valence-electron chi connectivity index (χ1n) is 10.8. The lowest BCUT2D eigenvalue weighted by molar-refractivity contribution is 0.0977. The normalized spacial score (nSPS) is 10.7. The Hall–Kier alpha value is -3.78. The Balaban J connectivity index is 1.42. The number of hydrogen-bond acceptors (Lipinski definition) is 5. The van der Waals surface area contributed by atoms with Crippen LogP contribution >= 0.6 is 12.2 Å². The highest BCUT2D eigenvalue weighted by atomic mass is 32.1. The minimum absolute atomic E-state index is 0.199. The predicted octanol–water partition coefficient (Wildman–Crippen LogP) is 4.90. The molecular weight excluding hydrogens is 434 g/mol. The fourth-order valence-electron chi connectivity index (χ4n) is 3.36. The molecule has 168 valence electrons. The van der Waals surface area contributed by atoms with Gasteiger partial charge in [-0.3, -0.25) is 10.1 Å². The van der Waals surface area contributed by atoms with E-state index < -0.39 is 0 Å². The number of carbonyl (C=O) groups is 1. The number of nitrogens with zero attached hydrogens (tertiary/aromatic N) is 3. The highest BCUT2D eigenvalue weighted by Gasteiger charge is 2.10. The monoisotopic (exact) mass is 459 g/mol. The van der Waals surface area contributed by atoms with Gasteiger partial charge >= 0.3 is 0 Å². The zero-order valence-corrected chi connectivity index (χ0v) is 19.4. The molecule has 0 radical (unpaired) electrons. The number of anilines is 1. The zero-order chi connectivity index (χ0) is 23.2. The Kier molecular flexibility index (Phi) is 6.95. The highest BCUT2D eigenvalue weighted by molar-refractivity contribution is 7.80. The van der Waals surface area contributed by atoms with Crippen LogP contribution < -0.4 is 15.4 Å². The molecular formula is C25H25N5O2S. The average Bonchev–Trinajstić information content (AvgIpc) is 3.26. The minimum Gasteiger partial charge on any atom is -0.497 e. The fraction of sp³-hybridized carbons (Fsp3) is 0.200. The van der Waals surface area contributed by atoms with Gasteiger partial charge in [0.05, 0.1) is 12.8 Å². The number of benzene rings is 3. The number of aromatic nitrogens is 3. The van der Waals surface area contributed by atoms with Crippen LogP contribution in [-0.2, 0) is 6.42 Å². The molecule has 1 amide bonds. The molecule has 0 aliphatic rings. The van der Waals surface area contributed by atoms with E-state index in [1.807, 2.05) is 30.3 Å². The number of fused-ring (bicyclic) bond motifs is 1. The maximum Gasteiger partial charge on any atom is 0.257 e. The van der Waals surface area contributed by atoms with E-state index in [9.17, 15) is 4.79 Å². The molecule has 4 rings (SSSR count). The van der Waals surface area contributed by atoms with Crippen LogP contribution in [0.2, 0.25) is 0 Å². The van der Waals surface area contributed by atoms with E-state index >= 15 is 0 Å². The second-order valence-electron chi connectivity index (χ2n) is 7.60. The lowest BCUT2D eigenvalue weighted by atomic mass is 10.1. The van der Waals surface area contributed by atoms with Gasteiger partial charge < -0.3 is 10.1 Å². The molecule has 7 nitrogen and oxygen atoms in total. The van der Waals surface area contributed by atoms with Crippen LogP contribution in [0.5, 0.6) is 5.75 Å². The van der Waals surface area contributed by atoms with Gasteiger partial charge in [0.1, 0.15) is 16.8 Å². The number of nitrogens with one attached hydrogen (secondary N) is 2. The molecule has 2 N–H and O–H groups in total. The van der Waals surface area contributed by atoms with Crippen molar-refractivity contribution in [2.75, 3.05) is 12.4 Å². The number of amides is 1. The minimum atomic E-state index is -0.301. The van der Waals surface area contributed by atoms with Crippen LogP contribution in [0.1, 0.15) is 35.7 Å². The van der Waals surface area contributed by atoms with Crippen molar-refractivity contribution in [2.45, 2.75) is 26.2 Å². The van der Waals surface area contributed by atoms with Crippen molar-refractivity contribution < 1.29 is 9.53 Å². The summed E-state index contributed by atoms with van der Waals surface area (Å²) in [6, 6.07) is 20.7. The maximum absolute atomic E-state index is 12.4. The van der Waals surface area contributed by atoms with E-state index in [-0.39, 0.29) is 11.0 Å². The molecule has 0 spiro atoms. The zero-order valence-electron chi connectivity index (χ0n) is 18.5. The number of ether oxygens (including phenoxy) is 1. The molecule has 0 saturated carbocycles. The summed E-state index contributed by atoms with van der Waals surface area (Å²) in [5, 5.41) is 15.1. The average molecular weight is 460 g/mol. The first-order chi connectivity index (χ1) is 16.1. The van der Waals surface area contributed by atoms with Crippen molar-refractivity contribution in [1.29, 1.82) is 0 Å². The lowest BCUT2D eigenvalue weighted by Crippen LogP contribution is -2.34. The van der Waals surface area contributed by atoms with Crippen molar-refractivity contribution in [3.8, 4) is 11.4 Å². The van der Waals surface area contributed by atoms with Gasteiger partial charge in [0.25, 0.3) is 5.91 Å². The van der Waals surface area contributed by atoms with Gasteiger partial charge in [0.2, 0.25) is 0 Å². The predicted molar refractivity (Wildman–Crippen MR) is 134 cm³/mol. The lowest BCUT2D eigenvalue weighted by Gasteiger charge is -2.09. The van der Waals surface area contributed by atoms with E-state index in [2.05, 4.69) is 39.9 Å². The Labute approximate surface area is 197 Å². The molecule has 0 saturated heterocycles. The van der Waals surface area contributed by atoms with Gasteiger partial charge in [-0.2, -0.15) is 4.80 Å². The third kappa shape index (κ3) is 5.53.